The van der Waals surface area contributed by atoms with Gasteiger partial charge >= 0.3 is 0 Å². The van der Waals surface area contributed by atoms with Crippen LogP contribution in [0.4, 0.5) is 0 Å². The second-order valence-corrected chi connectivity index (χ2v) is 6.46. The molecule has 0 spiro atoms. The molecule has 0 aliphatic carbocycles. The number of methoxy groups -OCH3 is 1. The molecule has 1 amide bonds. The second kappa shape index (κ2) is 8.80. The molecule has 0 saturated carbocycles. The Morgan fingerprint density at radius 2 is 1.96 bits per heavy atom. The molecule has 1 fully saturated rings. The molecule has 2 aromatic carbocycles. The SMILES string of the molecule is COc1cc(C2CNNC2)ccc1C(=O)N[C@H](CO)Cc1ccccc1. The molecule has 6 nitrogen and oxygen atoms in total. The first-order valence-electron chi connectivity index (χ1n) is 8.80. The smallest absolute Gasteiger partial charge is 0.255 e. The van der Waals surface area contributed by atoms with Gasteiger partial charge in [0, 0.05) is 19.0 Å². The van der Waals surface area contributed by atoms with E-state index < -0.39 is 0 Å². The van der Waals surface area contributed by atoms with E-state index in [2.05, 4.69) is 16.2 Å². The monoisotopic (exact) mass is 355 g/mol. The van der Waals surface area contributed by atoms with Gasteiger partial charge in [-0.2, -0.15) is 0 Å². The summed E-state index contributed by atoms with van der Waals surface area (Å²) in [6.07, 6.45) is 0.572. The van der Waals surface area contributed by atoms with Gasteiger partial charge in [0.25, 0.3) is 5.91 Å². The van der Waals surface area contributed by atoms with Crippen LogP contribution in [-0.4, -0.2) is 43.9 Å². The molecule has 1 atom stereocenters. The number of hydrazine groups is 1. The van der Waals surface area contributed by atoms with Crippen molar-refractivity contribution in [1.29, 1.82) is 0 Å². The molecule has 4 N–H and O–H groups in total. The molecule has 0 radical (unpaired) electrons. The Bertz CT molecular complexity index is 730. The number of hydrogen-bond donors (Lipinski definition) is 4. The molecule has 0 aromatic heterocycles. The minimum atomic E-state index is -0.350. The average Bonchev–Trinajstić information content (AvgIpc) is 3.22. The van der Waals surface area contributed by atoms with Gasteiger partial charge in [-0.3, -0.25) is 15.6 Å². The number of benzene rings is 2. The number of carbonyl (C=O) groups excluding carboxylic acids is 1. The maximum atomic E-state index is 12.7. The van der Waals surface area contributed by atoms with Crippen molar-refractivity contribution in [3.05, 3.63) is 65.2 Å². The fraction of sp³-hybridized carbons (Fsp3) is 0.350. The van der Waals surface area contributed by atoms with Crippen LogP contribution in [0.25, 0.3) is 0 Å². The highest BCUT2D eigenvalue weighted by Crippen LogP contribution is 2.26. The van der Waals surface area contributed by atoms with Gasteiger partial charge in [0.15, 0.2) is 0 Å². The lowest BCUT2D eigenvalue weighted by atomic mass is 9.98. The summed E-state index contributed by atoms with van der Waals surface area (Å²) >= 11 is 0. The van der Waals surface area contributed by atoms with E-state index in [-0.39, 0.29) is 18.6 Å². The topological polar surface area (TPSA) is 82.6 Å². The molecule has 1 aliphatic heterocycles. The van der Waals surface area contributed by atoms with Crippen molar-refractivity contribution < 1.29 is 14.6 Å². The Morgan fingerprint density at radius 1 is 1.23 bits per heavy atom. The Balaban J connectivity index is 1.71. The predicted molar refractivity (Wildman–Crippen MR) is 100 cm³/mol. The summed E-state index contributed by atoms with van der Waals surface area (Å²) in [5.41, 5.74) is 8.87. The van der Waals surface area contributed by atoms with Crippen LogP contribution in [0.1, 0.15) is 27.4 Å². The molecule has 6 heteroatoms. The summed E-state index contributed by atoms with van der Waals surface area (Å²) in [4.78, 5) is 12.7. The largest absolute Gasteiger partial charge is 0.496 e. The second-order valence-electron chi connectivity index (χ2n) is 6.46. The van der Waals surface area contributed by atoms with Crippen molar-refractivity contribution >= 4 is 5.91 Å². The van der Waals surface area contributed by atoms with Crippen molar-refractivity contribution in [2.75, 3.05) is 26.8 Å². The molecule has 1 saturated heterocycles. The van der Waals surface area contributed by atoms with Crippen LogP contribution in [-0.2, 0) is 6.42 Å². The molecule has 0 unspecified atom stereocenters. The van der Waals surface area contributed by atoms with Gasteiger partial charge in [-0.05, 0) is 29.7 Å². The van der Waals surface area contributed by atoms with Gasteiger partial charge in [-0.25, -0.2) is 0 Å². The molecule has 3 rings (SSSR count). The van der Waals surface area contributed by atoms with E-state index in [0.29, 0.717) is 23.7 Å². The number of rotatable bonds is 7. The highest BCUT2D eigenvalue weighted by atomic mass is 16.5. The fourth-order valence-corrected chi connectivity index (χ4v) is 3.17. The zero-order chi connectivity index (χ0) is 18.4. The first-order chi connectivity index (χ1) is 12.7. The zero-order valence-corrected chi connectivity index (χ0v) is 14.9. The minimum absolute atomic E-state index is 0.125. The van der Waals surface area contributed by atoms with E-state index in [9.17, 15) is 9.90 Å². The van der Waals surface area contributed by atoms with E-state index in [4.69, 9.17) is 4.74 Å². The third kappa shape index (κ3) is 4.40. The summed E-state index contributed by atoms with van der Waals surface area (Å²) < 4.78 is 5.44. The number of carbonyl (C=O) groups is 1. The van der Waals surface area contributed by atoms with E-state index in [1.54, 1.807) is 13.2 Å². The average molecular weight is 355 g/mol. The molecule has 1 aliphatic rings. The van der Waals surface area contributed by atoms with E-state index >= 15 is 0 Å². The lowest BCUT2D eigenvalue weighted by molar-refractivity contribution is 0.0913. The van der Waals surface area contributed by atoms with Gasteiger partial charge < -0.3 is 15.2 Å². The van der Waals surface area contributed by atoms with Crippen molar-refractivity contribution in [2.45, 2.75) is 18.4 Å². The van der Waals surface area contributed by atoms with Gasteiger partial charge in [0.05, 0.1) is 25.3 Å². The normalized spacial score (nSPS) is 15.6. The van der Waals surface area contributed by atoms with Crippen LogP contribution in [0.15, 0.2) is 48.5 Å². The number of aliphatic hydroxyl groups is 1. The van der Waals surface area contributed by atoms with Crippen molar-refractivity contribution in [3.8, 4) is 5.75 Å². The highest BCUT2D eigenvalue weighted by Gasteiger charge is 2.21. The molecular weight excluding hydrogens is 330 g/mol. The fourth-order valence-electron chi connectivity index (χ4n) is 3.17. The number of ether oxygens (including phenoxy) is 1. The lowest BCUT2D eigenvalue weighted by Gasteiger charge is -2.18. The third-order valence-corrected chi connectivity index (χ3v) is 4.64. The summed E-state index contributed by atoms with van der Waals surface area (Å²) in [6.45, 7) is 1.57. The van der Waals surface area contributed by atoms with E-state index in [1.807, 2.05) is 42.5 Å². The molecule has 138 valence electrons. The van der Waals surface area contributed by atoms with Crippen molar-refractivity contribution in [2.24, 2.45) is 0 Å². The first-order valence-corrected chi connectivity index (χ1v) is 8.80. The summed E-state index contributed by atoms with van der Waals surface area (Å²) in [5, 5.41) is 12.5. The Labute approximate surface area is 153 Å². The van der Waals surface area contributed by atoms with E-state index in [0.717, 1.165) is 24.2 Å². The molecule has 1 heterocycles. The van der Waals surface area contributed by atoms with Crippen LogP contribution >= 0.6 is 0 Å². The maximum absolute atomic E-state index is 12.7. The third-order valence-electron chi connectivity index (χ3n) is 4.64. The van der Waals surface area contributed by atoms with Crippen LogP contribution in [0.3, 0.4) is 0 Å². The Morgan fingerprint density at radius 3 is 2.62 bits per heavy atom. The quantitative estimate of drug-likeness (QED) is 0.600. The van der Waals surface area contributed by atoms with Crippen molar-refractivity contribution in [1.82, 2.24) is 16.2 Å². The maximum Gasteiger partial charge on any atom is 0.255 e. The van der Waals surface area contributed by atoms with Crippen LogP contribution in [0.5, 0.6) is 5.75 Å². The van der Waals surface area contributed by atoms with Gasteiger partial charge in [0.2, 0.25) is 0 Å². The molecule has 26 heavy (non-hydrogen) atoms. The first kappa shape index (κ1) is 18.4. The summed E-state index contributed by atoms with van der Waals surface area (Å²) in [5.74, 6) is 0.652. The number of aliphatic hydroxyl groups excluding tert-OH is 1. The van der Waals surface area contributed by atoms with Gasteiger partial charge in [0.1, 0.15) is 5.75 Å². The molecule has 0 bridgehead atoms. The number of hydrogen-bond acceptors (Lipinski definition) is 5. The number of amides is 1. The standard InChI is InChI=1S/C20H25N3O3/c1-26-19-10-15(16-11-21-22-12-16)7-8-18(19)20(25)23-17(13-24)9-14-5-3-2-4-6-14/h2-8,10,16-17,21-22,24H,9,11-13H2,1H3,(H,23,25)/t17-/m0/s1. The Kier molecular flexibility index (Phi) is 6.22. The zero-order valence-electron chi connectivity index (χ0n) is 14.9. The van der Waals surface area contributed by atoms with Crippen molar-refractivity contribution in [3.63, 3.8) is 0 Å². The lowest BCUT2D eigenvalue weighted by Crippen LogP contribution is -2.39. The molecule has 2 aromatic rings. The summed E-state index contributed by atoms with van der Waals surface area (Å²) in [7, 11) is 1.56. The highest BCUT2D eigenvalue weighted by molar-refractivity contribution is 5.97. The Hall–Kier alpha value is -2.41. The van der Waals surface area contributed by atoms with Crippen LogP contribution in [0.2, 0.25) is 0 Å². The van der Waals surface area contributed by atoms with Gasteiger partial charge in [-0.15, -0.1) is 0 Å². The number of nitrogens with one attached hydrogen (secondary N) is 3. The summed E-state index contributed by atoms with van der Waals surface area (Å²) in [6, 6.07) is 15.1. The van der Waals surface area contributed by atoms with E-state index in [1.165, 1.54) is 0 Å². The molecular formula is C20H25N3O3. The minimum Gasteiger partial charge on any atom is -0.496 e. The van der Waals surface area contributed by atoms with Crippen LogP contribution in [0, 0.1) is 0 Å². The predicted octanol–water partition coefficient (Wildman–Crippen LogP) is 1.22. The van der Waals surface area contributed by atoms with Gasteiger partial charge in [-0.1, -0.05) is 36.4 Å². The van der Waals surface area contributed by atoms with Crippen LogP contribution < -0.4 is 20.9 Å².